The van der Waals surface area contributed by atoms with Crippen LogP contribution in [0.1, 0.15) is 24.2 Å². The lowest BCUT2D eigenvalue weighted by molar-refractivity contribution is -2.00. The van der Waals surface area contributed by atoms with Crippen molar-refractivity contribution in [2.45, 2.75) is 25.7 Å². The Morgan fingerprint density at radius 1 is 1.00 bits per heavy atom. The molecule has 0 aliphatic heterocycles. The topological polar surface area (TPSA) is 104 Å². The highest BCUT2D eigenvalue weighted by atomic mass is 35.7. The van der Waals surface area contributed by atoms with E-state index in [1.165, 1.54) is 35.5 Å². The second-order valence-corrected chi connectivity index (χ2v) is 6.01. The first-order chi connectivity index (χ1) is 9.43. The van der Waals surface area contributed by atoms with Crippen LogP contribution in [0.25, 0.3) is 10.6 Å². The van der Waals surface area contributed by atoms with Crippen LogP contribution in [-0.2, 0) is 12.8 Å². The van der Waals surface area contributed by atoms with E-state index in [0.717, 1.165) is 12.2 Å². The summed E-state index contributed by atoms with van der Waals surface area (Å²) in [6.07, 6.45) is 4.86. The predicted octanol–water partition coefficient (Wildman–Crippen LogP) is -0.588. The van der Waals surface area contributed by atoms with Gasteiger partial charge in [0.2, 0.25) is 0 Å². The van der Waals surface area contributed by atoms with Crippen LogP contribution in [0.4, 0.5) is 0 Å². The minimum absolute atomic E-state index is 1.02. The van der Waals surface area contributed by atoms with Crippen LogP contribution in [-0.4, -0.2) is 0 Å². The predicted molar refractivity (Wildman–Crippen MR) is 63.1 cm³/mol. The van der Waals surface area contributed by atoms with E-state index in [1.54, 1.807) is 11.3 Å². The molecule has 0 fully saturated rings. The first-order valence-electron chi connectivity index (χ1n) is 6.04. The smallest absolute Gasteiger partial charge is 0.222 e. The van der Waals surface area contributed by atoms with E-state index in [4.69, 9.17) is 23.1 Å². The Balaban J connectivity index is 0.000000257. The Morgan fingerprint density at radius 2 is 1.70 bits per heavy atom. The Morgan fingerprint density at radius 3 is 2.35 bits per heavy atom. The molecule has 7 heteroatoms. The molecule has 1 aliphatic rings. The maximum absolute atomic E-state index is 8.49. The van der Waals surface area contributed by atoms with Crippen molar-refractivity contribution in [3.05, 3.63) is 41.0 Å². The molecule has 0 saturated heterocycles. The van der Waals surface area contributed by atoms with Crippen molar-refractivity contribution in [3.8, 4) is 10.6 Å². The number of hydrogen-bond acceptors (Lipinski definition) is 5. The zero-order chi connectivity index (χ0) is 14.6. The fraction of sp³-hybridized carbons (Fsp3) is 0.308. The second kappa shape index (κ2) is 6.62. The van der Waals surface area contributed by atoms with Crippen LogP contribution < -0.4 is 18.6 Å². The molecule has 20 heavy (non-hydrogen) atoms. The zero-order valence-corrected chi connectivity index (χ0v) is 12.1. The summed E-state index contributed by atoms with van der Waals surface area (Å²) >= 11 is 1.73. The van der Waals surface area contributed by atoms with Crippen molar-refractivity contribution in [2.75, 3.05) is 0 Å². The third kappa shape index (κ3) is 4.82. The van der Waals surface area contributed by atoms with E-state index in [0.29, 0.717) is 0 Å². The summed E-state index contributed by atoms with van der Waals surface area (Å²) in [5.74, 6) is 2.22. The van der Waals surface area contributed by atoms with E-state index in [2.05, 4.69) is 29.6 Å². The van der Waals surface area contributed by atoms with Gasteiger partial charge >= 0.3 is 11.5 Å². The molecule has 0 aromatic carbocycles. The van der Waals surface area contributed by atoms with Gasteiger partial charge in [0.25, 0.3) is 0 Å². The molecule has 0 radical (unpaired) electrons. The molecule has 0 saturated carbocycles. The molecule has 2 aromatic heterocycles. The largest absolute Gasteiger partial charge is 0.370 e. The van der Waals surface area contributed by atoms with Crippen molar-refractivity contribution in [2.24, 2.45) is 0 Å². The van der Waals surface area contributed by atoms with Crippen molar-refractivity contribution < 1.29 is 33.3 Å². The van der Waals surface area contributed by atoms with E-state index in [1.807, 2.05) is 0 Å². The Labute approximate surface area is 122 Å². The molecular weight excluding hydrogens is 304 g/mol. The lowest BCUT2D eigenvalue weighted by Gasteiger charge is -2.17. The van der Waals surface area contributed by atoms with Gasteiger partial charge in [0, 0.05) is 6.07 Å². The summed E-state index contributed by atoms with van der Waals surface area (Å²) in [5, 5.41) is 2.09. The van der Waals surface area contributed by atoms with Gasteiger partial charge in [-0.15, -0.1) is 21.6 Å². The van der Waals surface area contributed by atoms with Crippen LogP contribution in [0.5, 0.6) is 0 Å². The summed E-state index contributed by atoms with van der Waals surface area (Å²) in [5.41, 5.74) is 1.40. The van der Waals surface area contributed by atoms with Crippen LogP contribution in [0.15, 0.2) is 34.1 Å². The van der Waals surface area contributed by atoms with Gasteiger partial charge in [-0.05, 0) is 36.8 Å². The van der Waals surface area contributed by atoms with Crippen LogP contribution in [0.2, 0.25) is 0 Å². The van der Waals surface area contributed by atoms with E-state index in [-0.39, 0.29) is 0 Å². The number of thiophene rings is 1. The molecule has 1 aliphatic carbocycles. The molecule has 2 heterocycles. The summed E-state index contributed by atoms with van der Waals surface area (Å²) < 4.78 is 39.9. The molecule has 0 spiro atoms. The number of hydrogen-bond donors (Lipinski definition) is 0. The lowest BCUT2D eigenvalue weighted by atomic mass is 9.97. The maximum atomic E-state index is 8.49. The second-order valence-electron chi connectivity index (χ2n) is 4.31. The van der Waals surface area contributed by atoms with Crippen molar-refractivity contribution in [1.29, 1.82) is 0 Å². The third-order valence-electron chi connectivity index (χ3n) is 2.89. The van der Waals surface area contributed by atoms with Gasteiger partial charge in [0.05, 0.1) is 12.0 Å². The highest BCUT2D eigenvalue weighted by Crippen LogP contribution is 2.29. The van der Waals surface area contributed by atoms with Gasteiger partial charge in [0.1, 0.15) is 4.88 Å². The zero-order valence-electron chi connectivity index (χ0n) is 10.5. The summed E-state index contributed by atoms with van der Waals surface area (Å²) in [6, 6.07) is 8.51. The SMILES string of the molecule is [O-][Cl+3]([O-])([O-])[O-].c1csc(-c2ccc3c([o+]2)CCCC3)c1. The lowest BCUT2D eigenvalue weighted by Crippen LogP contribution is -2.68. The Bertz CT molecular complexity index is 544. The fourth-order valence-corrected chi connectivity index (χ4v) is 2.77. The summed E-state index contributed by atoms with van der Waals surface area (Å²) in [4.78, 5) is 1.23. The molecule has 0 amide bonds. The first-order valence-corrected chi connectivity index (χ1v) is 8.15. The normalized spacial score (nSPS) is 14.2. The van der Waals surface area contributed by atoms with Gasteiger partial charge in [0.15, 0.2) is 0 Å². The van der Waals surface area contributed by atoms with Gasteiger partial charge in [-0.3, -0.25) is 0 Å². The average molecular weight is 317 g/mol. The minimum atomic E-state index is -4.94. The maximum Gasteiger partial charge on any atom is 0.370 e. The Hall–Kier alpha value is -1.02. The van der Waals surface area contributed by atoms with E-state index < -0.39 is 10.2 Å². The molecule has 0 bridgehead atoms. The number of halogens is 1. The molecule has 3 rings (SSSR count). The van der Waals surface area contributed by atoms with Gasteiger partial charge in [-0.1, -0.05) is 6.07 Å². The molecular formula is C13H13ClO5S. The average Bonchev–Trinajstić information content (AvgIpc) is 2.90. The van der Waals surface area contributed by atoms with E-state index in [9.17, 15) is 0 Å². The molecule has 2 aromatic rings. The highest BCUT2D eigenvalue weighted by molar-refractivity contribution is 7.13. The van der Waals surface area contributed by atoms with Crippen molar-refractivity contribution in [3.63, 3.8) is 0 Å². The molecule has 0 N–H and O–H groups in total. The number of aryl methyl sites for hydroxylation is 2. The van der Waals surface area contributed by atoms with Gasteiger partial charge < -0.3 is 0 Å². The van der Waals surface area contributed by atoms with Crippen molar-refractivity contribution in [1.82, 2.24) is 0 Å². The molecule has 5 nitrogen and oxygen atoms in total. The van der Waals surface area contributed by atoms with Crippen molar-refractivity contribution >= 4 is 11.3 Å². The first kappa shape index (κ1) is 15.4. The quantitative estimate of drug-likeness (QED) is 0.654. The van der Waals surface area contributed by atoms with Crippen LogP contribution in [0.3, 0.4) is 0 Å². The molecule has 0 unspecified atom stereocenters. The van der Waals surface area contributed by atoms with Crippen LogP contribution in [0, 0.1) is 10.2 Å². The molecule has 108 valence electrons. The van der Waals surface area contributed by atoms with Gasteiger partial charge in [-0.25, -0.2) is 23.1 Å². The highest BCUT2D eigenvalue weighted by Gasteiger charge is 2.23. The number of rotatable bonds is 1. The van der Waals surface area contributed by atoms with Gasteiger partial charge in [-0.2, -0.15) is 0 Å². The third-order valence-corrected chi connectivity index (χ3v) is 3.78. The van der Waals surface area contributed by atoms with E-state index >= 15 is 0 Å². The van der Waals surface area contributed by atoms with Crippen LogP contribution >= 0.6 is 11.3 Å². The minimum Gasteiger partial charge on any atom is -0.222 e. The Kier molecular flexibility index (Phi) is 5.09. The fourth-order valence-electron chi connectivity index (χ4n) is 2.09. The summed E-state index contributed by atoms with van der Waals surface area (Å²) in [7, 11) is -4.94. The molecule has 0 atom stereocenters. The standard InChI is InChI=1S/C13H13OS.ClHO4/c1-2-5-11-10(4-1)7-8-12(14-11)13-6-3-9-15-13;2-1(3,4)5/h3,6-9H,1-2,4-5H2;(H,2,3,4,5)/q+1;/p-1. The summed E-state index contributed by atoms with van der Waals surface area (Å²) in [6.45, 7) is 0. The number of fused-ring (bicyclic) bond motifs is 1. The monoisotopic (exact) mass is 316 g/mol.